The summed E-state index contributed by atoms with van der Waals surface area (Å²) in [6, 6.07) is 17.8. The first kappa shape index (κ1) is 24.8. The predicted molar refractivity (Wildman–Crippen MR) is 132 cm³/mol. The summed E-state index contributed by atoms with van der Waals surface area (Å²) < 4.78 is 41.6. The molecule has 0 aliphatic rings. The molecule has 9 heteroatoms. The van der Waals surface area contributed by atoms with E-state index in [1.165, 1.54) is 24.3 Å². The lowest BCUT2D eigenvalue weighted by Crippen LogP contribution is -2.29. The number of hydrogen-bond donors (Lipinski definition) is 3. The Labute approximate surface area is 205 Å². The normalized spacial score (nSPS) is 12.4. The van der Waals surface area contributed by atoms with E-state index in [4.69, 9.17) is 5.11 Å². The van der Waals surface area contributed by atoms with Crippen LogP contribution in [-0.2, 0) is 12.7 Å². The number of alkyl halides is 3. The fraction of sp³-hybridized carbons (Fsp3) is 0.185. The Kier molecular flexibility index (Phi) is 6.74. The van der Waals surface area contributed by atoms with Gasteiger partial charge in [0.2, 0.25) is 0 Å². The summed E-state index contributed by atoms with van der Waals surface area (Å²) in [7, 11) is 0. The highest BCUT2D eigenvalue weighted by Gasteiger charge is 2.31. The van der Waals surface area contributed by atoms with E-state index in [1.807, 2.05) is 25.1 Å². The summed E-state index contributed by atoms with van der Waals surface area (Å²) in [6.45, 7) is 4.10. The fourth-order valence-corrected chi connectivity index (χ4v) is 4.17. The first-order valence-electron chi connectivity index (χ1n) is 11.3. The monoisotopic (exact) mass is 495 g/mol. The maximum absolute atomic E-state index is 13.5. The molecule has 1 amide bonds. The smallest absolute Gasteiger partial charge is 0.416 e. The fourth-order valence-electron chi connectivity index (χ4n) is 4.17. The summed E-state index contributed by atoms with van der Waals surface area (Å²) in [5, 5.41) is 15.8. The molecule has 0 spiro atoms. The molecule has 1 aromatic heterocycles. The minimum absolute atomic E-state index is 0.135. The van der Waals surface area contributed by atoms with Crippen LogP contribution in [0, 0.1) is 0 Å². The molecular weight excluding hydrogens is 471 g/mol. The number of hydrogen-bond acceptors (Lipinski definition) is 3. The molecule has 0 radical (unpaired) electrons. The van der Waals surface area contributed by atoms with Crippen LogP contribution in [0.5, 0.6) is 0 Å². The van der Waals surface area contributed by atoms with Crippen LogP contribution in [0.3, 0.4) is 0 Å². The van der Waals surface area contributed by atoms with Crippen LogP contribution >= 0.6 is 0 Å². The van der Waals surface area contributed by atoms with E-state index >= 15 is 0 Å². The third kappa shape index (κ3) is 4.91. The molecule has 0 aliphatic heterocycles. The van der Waals surface area contributed by atoms with E-state index in [2.05, 4.69) is 10.6 Å². The van der Waals surface area contributed by atoms with Gasteiger partial charge in [0.25, 0.3) is 5.91 Å². The summed E-state index contributed by atoms with van der Waals surface area (Å²) in [5.41, 5.74) is 1.70. The Hall–Kier alpha value is -4.27. The molecule has 0 bridgehead atoms. The average molecular weight is 496 g/mol. The Morgan fingerprint density at radius 1 is 1.00 bits per heavy atom. The Morgan fingerprint density at radius 3 is 2.33 bits per heavy atom. The molecule has 0 aliphatic carbocycles. The number of nitrogens with one attached hydrogen (secondary N) is 2. The highest BCUT2D eigenvalue weighted by atomic mass is 19.4. The number of amides is 1. The van der Waals surface area contributed by atoms with Crippen molar-refractivity contribution >= 4 is 34.2 Å². The number of para-hydroxylation sites is 1. The Bertz CT molecular complexity index is 1430. The molecule has 6 nitrogen and oxygen atoms in total. The second-order valence-electron chi connectivity index (χ2n) is 8.31. The van der Waals surface area contributed by atoms with Crippen LogP contribution < -0.4 is 10.6 Å². The van der Waals surface area contributed by atoms with Crippen LogP contribution in [0.4, 0.5) is 24.5 Å². The topological polar surface area (TPSA) is 83.4 Å². The Morgan fingerprint density at radius 2 is 1.69 bits per heavy atom. The van der Waals surface area contributed by atoms with Crippen LogP contribution in [0.1, 0.15) is 51.9 Å². The van der Waals surface area contributed by atoms with Gasteiger partial charge in [-0.05, 0) is 55.8 Å². The standard InChI is InChI=1S/C27H24F3N3O3/c1-3-33-22-10-5-4-9-21(22)23(32-20-8-6-7-19(15-20)27(28,29)30)24(33)25(34)31-16(2)17-11-13-18(14-12-17)26(35)36/h4-16,32H,3H2,1-2H3,(H,31,34)(H,35,36)/t16-/m0/s1. The quantitative estimate of drug-likeness (QED) is 0.269. The summed E-state index contributed by atoms with van der Waals surface area (Å²) in [5.74, 6) is -1.46. The number of nitrogens with zero attached hydrogens (tertiary/aromatic N) is 1. The number of aryl methyl sites for hydroxylation is 1. The maximum atomic E-state index is 13.5. The predicted octanol–water partition coefficient (Wildman–Crippen LogP) is 6.61. The van der Waals surface area contributed by atoms with Gasteiger partial charge in [0.05, 0.1) is 28.4 Å². The summed E-state index contributed by atoms with van der Waals surface area (Å²) in [6.07, 6.45) is -4.50. The molecule has 0 unspecified atom stereocenters. The zero-order valence-electron chi connectivity index (χ0n) is 19.6. The van der Waals surface area contributed by atoms with Crippen LogP contribution in [0.2, 0.25) is 0 Å². The SMILES string of the molecule is CCn1c(C(=O)N[C@@H](C)c2ccc(C(=O)O)cc2)c(Nc2cccc(C(F)(F)F)c2)c2ccccc21. The number of anilines is 2. The number of fused-ring (bicyclic) bond motifs is 1. The van der Waals surface area contributed by atoms with Gasteiger partial charge in [0, 0.05) is 17.6 Å². The van der Waals surface area contributed by atoms with E-state index in [0.717, 1.165) is 17.6 Å². The highest BCUT2D eigenvalue weighted by molar-refractivity contribution is 6.10. The minimum Gasteiger partial charge on any atom is -0.478 e. The lowest BCUT2D eigenvalue weighted by molar-refractivity contribution is -0.137. The molecule has 4 rings (SSSR count). The second-order valence-corrected chi connectivity index (χ2v) is 8.31. The van der Waals surface area contributed by atoms with Crippen LogP contribution in [-0.4, -0.2) is 21.6 Å². The van der Waals surface area contributed by atoms with Crippen molar-refractivity contribution in [3.8, 4) is 0 Å². The van der Waals surface area contributed by atoms with Crippen molar-refractivity contribution in [3.63, 3.8) is 0 Å². The van der Waals surface area contributed by atoms with Gasteiger partial charge in [0.15, 0.2) is 0 Å². The lowest BCUT2D eigenvalue weighted by atomic mass is 10.1. The van der Waals surface area contributed by atoms with Crippen LogP contribution in [0.15, 0.2) is 72.8 Å². The number of rotatable bonds is 7. The largest absolute Gasteiger partial charge is 0.478 e. The van der Waals surface area contributed by atoms with Crippen molar-refractivity contribution in [2.75, 3.05) is 5.32 Å². The van der Waals surface area contributed by atoms with Gasteiger partial charge < -0.3 is 20.3 Å². The third-order valence-corrected chi connectivity index (χ3v) is 5.97. The first-order chi connectivity index (χ1) is 17.1. The molecule has 0 saturated heterocycles. The molecule has 1 atom stereocenters. The molecule has 0 saturated carbocycles. The van der Waals surface area contributed by atoms with E-state index < -0.39 is 29.7 Å². The van der Waals surface area contributed by atoms with Crippen molar-refractivity contribution in [3.05, 3.63) is 95.2 Å². The average Bonchev–Trinajstić information content (AvgIpc) is 3.17. The molecule has 0 fully saturated rings. The zero-order chi connectivity index (χ0) is 26.0. The van der Waals surface area contributed by atoms with E-state index in [-0.39, 0.29) is 16.9 Å². The van der Waals surface area contributed by atoms with Gasteiger partial charge in [-0.2, -0.15) is 13.2 Å². The highest BCUT2D eigenvalue weighted by Crippen LogP contribution is 2.36. The van der Waals surface area contributed by atoms with Gasteiger partial charge in [-0.25, -0.2) is 4.79 Å². The number of aromatic nitrogens is 1. The van der Waals surface area contributed by atoms with Crippen molar-refractivity contribution in [2.24, 2.45) is 0 Å². The number of carbonyl (C=O) groups excluding carboxylic acids is 1. The lowest BCUT2D eigenvalue weighted by Gasteiger charge is -2.17. The van der Waals surface area contributed by atoms with Gasteiger partial charge in [0.1, 0.15) is 5.69 Å². The van der Waals surface area contributed by atoms with Crippen molar-refractivity contribution in [2.45, 2.75) is 32.6 Å². The zero-order valence-corrected chi connectivity index (χ0v) is 19.6. The molecule has 3 N–H and O–H groups in total. The van der Waals surface area contributed by atoms with E-state index in [1.54, 1.807) is 29.7 Å². The summed E-state index contributed by atoms with van der Waals surface area (Å²) >= 11 is 0. The number of carboxylic acid groups (broad SMARTS) is 1. The molecule has 3 aromatic carbocycles. The maximum Gasteiger partial charge on any atom is 0.416 e. The third-order valence-electron chi connectivity index (χ3n) is 5.97. The number of carboxylic acids is 1. The number of halogens is 3. The van der Waals surface area contributed by atoms with Gasteiger partial charge in [-0.1, -0.05) is 36.4 Å². The number of benzene rings is 3. The minimum atomic E-state index is -4.50. The van der Waals surface area contributed by atoms with Crippen molar-refractivity contribution < 1.29 is 27.9 Å². The van der Waals surface area contributed by atoms with Crippen LogP contribution in [0.25, 0.3) is 10.9 Å². The van der Waals surface area contributed by atoms with Gasteiger partial charge in [-0.3, -0.25) is 4.79 Å². The molecule has 36 heavy (non-hydrogen) atoms. The molecule has 186 valence electrons. The van der Waals surface area contributed by atoms with Gasteiger partial charge >= 0.3 is 12.1 Å². The second kappa shape index (κ2) is 9.77. The number of aromatic carboxylic acids is 1. The molecule has 1 heterocycles. The van der Waals surface area contributed by atoms with Gasteiger partial charge in [-0.15, -0.1) is 0 Å². The van der Waals surface area contributed by atoms with E-state index in [0.29, 0.717) is 23.2 Å². The summed E-state index contributed by atoms with van der Waals surface area (Å²) in [4.78, 5) is 24.7. The molecule has 4 aromatic rings. The number of carbonyl (C=O) groups is 2. The van der Waals surface area contributed by atoms with Crippen molar-refractivity contribution in [1.29, 1.82) is 0 Å². The van der Waals surface area contributed by atoms with Crippen molar-refractivity contribution in [1.82, 2.24) is 9.88 Å². The molecular formula is C27H24F3N3O3. The first-order valence-corrected chi connectivity index (χ1v) is 11.3. The van der Waals surface area contributed by atoms with E-state index in [9.17, 15) is 22.8 Å². The Balaban J connectivity index is 1.73.